The van der Waals surface area contributed by atoms with Gasteiger partial charge in [-0.25, -0.2) is 12.8 Å². The quantitative estimate of drug-likeness (QED) is 0.232. The molecule has 0 spiro atoms. The first-order chi connectivity index (χ1) is 19.8. The van der Waals surface area contributed by atoms with Crippen LogP contribution in [0, 0.1) is 28.8 Å². The zero-order valence-electron chi connectivity index (χ0n) is 24.0. The molecule has 0 aliphatic heterocycles. The van der Waals surface area contributed by atoms with E-state index in [0.717, 1.165) is 22.2 Å². The summed E-state index contributed by atoms with van der Waals surface area (Å²) in [7, 11) is -4.10. The summed E-state index contributed by atoms with van der Waals surface area (Å²) < 4.78 is 40.4. The molecule has 1 unspecified atom stereocenters. The molecule has 1 atom stereocenters. The minimum Gasteiger partial charge on any atom is -0.354 e. The molecule has 224 valence electrons. The maximum absolute atomic E-state index is 14.1. The molecule has 12 heteroatoms. The van der Waals surface area contributed by atoms with E-state index in [-0.39, 0.29) is 30.3 Å². The van der Waals surface area contributed by atoms with E-state index in [1.807, 2.05) is 32.0 Å². The van der Waals surface area contributed by atoms with Gasteiger partial charge in [-0.15, -0.1) is 0 Å². The smallest absolute Gasteiger partial charge is 0.271 e. The summed E-state index contributed by atoms with van der Waals surface area (Å²) in [6.45, 7) is 4.96. The lowest BCUT2D eigenvalue weighted by Crippen LogP contribution is -2.53. The number of sulfonamides is 1. The minimum atomic E-state index is -4.10. The van der Waals surface area contributed by atoms with Gasteiger partial charge in [-0.05, 0) is 41.7 Å². The molecule has 0 aliphatic carbocycles. The Kier molecular flexibility index (Phi) is 10.8. The van der Waals surface area contributed by atoms with Crippen molar-refractivity contribution in [1.82, 2.24) is 10.2 Å². The Labute approximate surface area is 245 Å². The number of amides is 2. The molecular formula is C30H35FN4O6S. The number of nitro groups is 1. The topological polar surface area (TPSA) is 130 Å². The van der Waals surface area contributed by atoms with Gasteiger partial charge in [0.1, 0.15) is 18.4 Å². The van der Waals surface area contributed by atoms with Gasteiger partial charge in [0.15, 0.2) is 0 Å². The Morgan fingerprint density at radius 2 is 1.64 bits per heavy atom. The number of carbonyl (C=O) groups is 2. The van der Waals surface area contributed by atoms with Gasteiger partial charge in [-0.3, -0.25) is 24.0 Å². The van der Waals surface area contributed by atoms with Crippen molar-refractivity contribution < 1.29 is 27.3 Å². The van der Waals surface area contributed by atoms with Gasteiger partial charge in [-0.1, -0.05) is 62.4 Å². The van der Waals surface area contributed by atoms with E-state index < -0.39 is 45.2 Å². The first-order valence-electron chi connectivity index (χ1n) is 13.3. The number of hydrogen-bond acceptors (Lipinski definition) is 6. The van der Waals surface area contributed by atoms with E-state index in [0.29, 0.717) is 17.7 Å². The van der Waals surface area contributed by atoms with E-state index in [2.05, 4.69) is 5.32 Å². The van der Waals surface area contributed by atoms with Crippen molar-refractivity contribution in [2.24, 2.45) is 5.92 Å². The summed E-state index contributed by atoms with van der Waals surface area (Å²) in [5.41, 5.74) is 1.34. The van der Waals surface area contributed by atoms with E-state index >= 15 is 0 Å². The van der Waals surface area contributed by atoms with Crippen LogP contribution < -0.4 is 9.62 Å². The molecule has 0 radical (unpaired) electrons. The van der Waals surface area contributed by atoms with Crippen LogP contribution in [0.4, 0.5) is 15.8 Å². The van der Waals surface area contributed by atoms with E-state index in [1.165, 1.54) is 41.3 Å². The van der Waals surface area contributed by atoms with Gasteiger partial charge in [-0.2, -0.15) is 0 Å². The van der Waals surface area contributed by atoms with Crippen LogP contribution in [0.25, 0.3) is 0 Å². The lowest BCUT2D eigenvalue weighted by molar-refractivity contribution is -0.384. The van der Waals surface area contributed by atoms with Crippen molar-refractivity contribution in [3.63, 3.8) is 0 Å². The van der Waals surface area contributed by atoms with E-state index in [4.69, 9.17) is 0 Å². The molecule has 10 nitrogen and oxygen atoms in total. The maximum Gasteiger partial charge on any atom is 0.271 e. The number of halogens is 1. The van der Waals surface area contributed by atoms with Crippen molar-refractivity contribution in [2.75, 3.05) is 23.7 Å². The highest BCUT2D eigenvalue weighted by molar-refractivity contribution is 7.92. The minimum absolute atomic E-state index is 0.0225. The number of nitrogens with zero attached hydrogens (tertiary/aromatic N) is 3. The number of nitrogens with one attached hydrogen (secondary N) is 1. The van der Waals surface area contributed by atoms with Gasteiger partial charge in [0.05, 0.1) is 16.9 Å². The average Bonchev–Trinajstić information content (AvgIpc) is 2.93. The molecule has 0 aromatic heterocycles. The number of anilines is 1. The number of benzene rings is 3. The SMILES string of the molecule is Cc1ccc([N+](=O)[O-])cc1N(CC(=O)N(Cc1ccc(F)cc1)C(Cc1ccccc1)C(=O)NCC(C)C)S(C)(=O)=O. The van der Waals surface area contributed by atoms with Crippen LogP contribution in [0.3, 0.4) is 0 Å². The van der Waals surface area contributed by atoms with Crippen LogP contribution in [0.2, 0.25) is 0 Å². The molecule has 0 heterocycles. The predicted octanol–water partition coefficient (Wildman–Crippen LogP) is 4.22. The number of non-ortho nitro benzene ring substituents is 1. The third-order valence-electron chi connectivity index (χ3n) is 6.57. The lowest BCUT2D eigenvalue weighted by Gasteiger charge is -2.34. The highest BCUT2D eigenvalue weighted by Gasteiger charge is 2.33. The molecular weight excluding hydrogens is 563 g/mol. The van der Waals surface area contributed by atoms with Gasteiger partial charge >= 0.3 is 0 Å². The normalized spacial score (nSPS) is 12.0. The van der Waals surface area contributed by atoms with Crippen LogP contribution in [-0.2, 0) is 32.6 Å². The summed E-state index contributed by atoms with van der Waals surface area (Å²) >= 11 is 0. The van der Waals surface area contributed by atoms with Crippen molar-refractivity contribution in [2.45, 2.75) is 39.8 Å². The fourth-order valence-corrected chi connectivity index (χ4v) is 5.24. The molecule has 2 amide bonds. The van der Waals surface area contributed by atoms with Crippen LogP contribution in [0.1, 0.15) is 30.5 Å². The molecule has 3 aromatic carbocycles. The van der Waals surface area contributed by atoms with Crippen LogP contribution in [0.5, 0.6) is 0 Å². The zero-order chi connectivity index (χ0) is 31.0. The fraction of sp³-hybridized carbons (Fsp3) is 0.333. The Hall–Kier alpha value is -4.32. The van der Waals surface area contributed by atoms with Crippen molar-refractivity contribution in [3.05, 3.63) is 105 Å². The molecule has 42 heavy (non-hydrogen) atoms. The standard InChI is InChI=1S/C30H35FN4O6S/c1-21(2)18-32-30(37)28(16-23-8-6-5-7-9-23)33(19-24-11-13-25(31)14-12-24)29(36)20-34(42(4,40)41)27-17-26(35(38)39)15-10-22(27)3/h5-15,17,21,28H,16,18-20H2,1-4H3,(H,32,37). The molecule has 3 rings (SSSR count). The number of aryl methyl sites for hydroxylation is 1. The number of hydrogen-bond donors (Lipinski definition) is 1. The second-order valence-electron chi connectivity index (χ2n) is 10.5. The zero-order valence-corrected chi connectivity index (χ0v) is 24.8. The average molecular weight is 599 g/mol. The number of rotatable bonds is 13. The van der Waals surface area contributed by atoms with Crippen molar-refractivity contribution in [1.29, 1.82) is 0 Å². The highest BCUT2D eigenvalue weighted by atomic mass is 32.2. The van der Waals surface area contributed by atoms with Gasteiger partial charge in [0, 0.05) is 31.6 Å². The van der Waals surface area contributed by atoms with Gasteiger partial charge in [0.2, 0.25) is 21.8 Å². The summed E-state index contributed by atoms with van der Waals surface area (Å²) in [5.74, 6) is -1.49. The molecule has 0 aliphatic rings. The summed E-state index contributed by atoms with van der Waals surface area (Å²) in [6.07, 6.45) is 1.03. The molecule has 0 saturated heterocycles. The van der Waals surface area contributed by atoms with Crippen LogP contribution in [-0.4, -0.2) is 55.4 Å². The van der Waals surface area contributed by atoms with Gasteiger partial charge < -0.3 is 10.2 Å². The third kappa shape index (κ3) is 8.84. The molecule has 0 bridgehead atoms. The third-order valence-corrected chi connectivity index (χ3v) is 7.70. The second kappa shape index (κ2) is 14.0. The fourth-order valence-electron chi connectivity index (χ4n) is 4.34. The number of carbonyl (C=O) groups excluding carboxylic acids is 2. The van der Waals surface area contributed by atoms with E-state index in [1.54, 1.807) is 19.1 Å². The monoisotopic (exact) mass is 598 g/mol. The summed E-state index contributed by atoms with van der Waals surface area (Å²) in [5, 5.41) is 14.3. The summed E-state index contributed by atoms with van der Waals surface area (Å²) in [6, 6.07) is 17.2. The molecule has 3 aromatic rings. The number of nitro benzene ring substituents is 1. The second-order valence-corrected chi connectivity index (χ2v) is 12.4. The van der Waals surface area contributed by atoms with Crippen molar-refractivity contribution >= 4 is 33.2 Å². The van der Waals surface area contributed by atoms with Crippen molar-refractivity contribution in [3.8, 4) is 0 Å². The largest absolute Gasteiger partial charge is 0.354 e. The Bertz CT molecular complexity index is 1510. The Morgan fingerprint density at radius 1 is 1.00 bits per heavy atom. The van der Waals surface area contributed by atoms with Crippen LogP contribution in [0.15, 0.2) is 72.8 Å². The molecule has 0 fully saturated rings. The first-order valence-corrected chi connectivity index (χ1v) is 15.2. The van der Waals surface area contributed by atoms with Gasteiger partial charge in [0.25, 0.3) is 5.69 Å². The predicted molar refractivity (Wildman–Crippen MR) is 159 cm³/mol. The lowest BCUT2D eigenvalue weighted by atomic mass is 10.0. The molecule has 1 N–H and O–H groups in total. The van der Waals surface area contributed by atoms with E-state index in [9.17, 15) is 32.5 Å². The summed E-state index contributed by atoms with van der Waals surface area (Å²) in [4.78, 5) is 39.7. The van der Waals surface area contributed by atoms with Crippen LogP contribution >= 0.6 is 0 Å². The first kappa shape index (κ1) is 32.2. The Morgan fingerprint density at radius 3 is 2.21 bits per heavy atom. The maximum atomic E-state index is 14.1. The highest BCUT2D eigenvalue weighted by Crippen LogP contribution is 2.28. The molecule has 0 saturated carbocycles. The Balaban J connectivity index is 2.09.